The first kappa shape index (κ1) is 14.6. The summed E-state index contributed by atoms with van der Waals surface area (Å²) >= 11 is 1.52. The summed E-state index contributed by atoms with van der Waals surface area (Å²) in [7, 11) is 0. The van der Waals surface area contributed by atoms with Gasteiger partial charge in [-0.15, -0.1) is 0 Å². The van der Waals surface area contributed by atoms with Crippen LogP contribution in [-0.2, 0) is 6.42 Å². The van der Waals surface area contributed by atoms with E-state index >= 15 is 0 Å². The van der Waals surface area contributed by atoms with E-state index in [0.717, 1.165) is 29.8 Å². The average molecular weight is 294 g/mol. The van der Waals surface area contributed by atoms with Gasteiger partial charge in [-0.05, 0) is 12.7 Å². The van der Waals surface area contributed by atoms with Gasteiger partial charge in [-0.1, -0.05) is 23.8 Å². The zero-order chi connectivity index (χ0) is 14.2. The Hall–Kier alpha value is -1.83. The summed E-state index contributed by atoms with van der Waals surface area (Å²) in [5.74, 6) is 2.32. The average Bonchev–Trinajstić information content (AvgIpc) is 2.98. The second-order valence-corrected chi connectivity index (χ2v) is 4.85. The summed E-state index contributed by atoms with van der Waals surface area (Å²) in [6, 6.07) is 1.91. The summed E-state index contributed by atoms with van der Waals surface area (Å²) in [5, 5.41) is 11.0. The van der Waals surface area contributed by atoms with E-state index in [1.165, 1.54) is 18.2 Å². The Morgan fingerprint density at radius 3 is 2.55 bits per heavy atom. The molecule has 20 heavy (non-hydrogen) atoms. The van der Waals surface area contributed by atoms with Gasteiger partial charge in [0.1, 0.15) is 11.6 Å². The molecule has 2 N–H and O–H groups in total. The van der Waals surface area contributed by atoms with Gasteiger partial charge < -0.3 is 15.2 Å². The second-order valence-electron chi connectivity index (χ2n) is 4.08. The molecule has 0 aromatic carbocycles. The van der Waals surface area contributed by atoms with Crippen molar-refractivity contribution >= 4 is 23.4 Å². The van der Waals surface area contributed by atoms with E-state index < -0.39 is 0 Å². The normalized spacial score (nSPS) is 10.5. The number of thioether (sulfide) groups is 1. The van der Waals surface area contributed by atoms with Crippen molar-refractivity contribution in [2.75, 3.05) is 30.0 Å². The van der Waals surface area contributed by atoms with Crippen molar-refractivity contribution in [2.24, 2.45) is 0 Å². The standard InChI is InChI=1S/C12H18N6OS/c1-3-5-13-10-7-11(17-12(16-10)20-2)14-6-4-9-15-8-19-18-9/h7-8H,3-6H2,1-2H3,(H2,13,14,16,17). The molecule has 0 aliphatic carbocycles. The highest BCUT2D eigenvalue weighted by atomic mass is 32.2. The Bertz CT molecular complexity index is 519. The van der Waals surface area contributed by atoms with Gasteiger partial charge in [-0.25, -0.2) is 9.97 Å². The molecule has 0 saturated heterocycles. The Kier molecular flexibility index (Phi) is 5.60. The summed E-state index contributed by atoms with van der Waals surface area (Å²) in [6.07, 6.45) is 5.03. The first-order valence-corrected chi connectivity index (χ1v) is 7.70. The Morgan fingerprint density at radius 2 is 1.95 bits per heavy atom. The van der Waals surface area contributed by atoms with Crippen LogP contribution in [0.2, 0.25) is 0 Å². The van der Waals surface area contributed by atoms with Gasteiger partial charge in [-0.3, -0.25) is 0 Å². The minimum Gasteiger partial charge on any atom is -0.370 e. The molecule has 0 amide bonds. The summed E-state index contributed by atoms with van der Waals surface area (Å²) in [5.41, 5.74) is 0. The van der Waals surface area contributed by atoms with Gasteiger partial charge in [0.25, 0.3) is 0 Å². The fourth-order valence-electron chi connectivity index (χ4n) is 1.56. The third kappa shape index (κ3) is 4.37. The highest BCUT2D eigenvalue weighted by molar-refractivity contribution is 7.98. The molecule has 0 saturated carbocycles. The summed E-state index contributed by atoms with van der Waals surface area (Å²) < 4.78 is 4.69. The first-order valence-electron chi connectivity index (χ1n) is 6.48. The zero-order valence-electron chi connectivity index (χ0n) is 11.6. The largest absolute Gasteiger partial charge is 0.370 e. The Labute approximate surface area is 122 Å². The van der Waals surface area contributed by atoms with Gasteiger partial charge in [0.2, 0.25) is 6.39 Å². The predicted octanol–water partition coefficient (Wildman–Crippen LogP) is 2.06. The van der Waals surface area contributed by atoms with Crippen molar-refractivity contribution in [1.29, 1.82) is 0 Å². The van der Waals surface area contributed by atoms with E-state index in [1.54, 1.807) is 0 Å². The molecular weight excluding hydrogens is 276 g/mol. The lowest BCUT2D eigenvalue weighted by molar-refractivity contribution is 0.410. The van der Waals surface area contributed by atoms with Crippen LogP contribution in [-0.4, -0.2) is 39.5 Å². The third-order valence-corrected chi connectivity index (χ3v) is 3.05. The SMILES string of the molecule is CCCNc1cc(NCCc2ncon2)nc(SC)n1. The van der Waals surface area contributed by atoms with E-state index in [-0.39, 0.29) is 0 Å². The van der Waals surface area contributed by atoms with Crippen LogP contribution in [0.5, 0.6) is 0 Å². The zero-order valence-corrected chi connectivity index (χ0v) is 12.4. The fourth-order valence-corrected chi connectivity index (χ4v) is 1.93. The molecule has 2 aromatic rings. The molecule has 2 heterocycles. The van der Waals surface area contributed by atoms with Gasteiger partial charge in [-0.2, -0.15) is 4.98 Å². The molecule has 0 bridgehead atoms. The predicted molar refractivity (Wildman–Crippen MR) is 79.1 cm³/mol. The minimum atomic E-state index is 0.681. The van der Waals surface area contributed by atoms with E-state index in [1.807, 2.05) is 12.3 Å². The quantitative estimate of drug-likeness (QED) is 0.565. The van der Waals surface area contributed by atoms with Crippen LogP contribution < -0.4 is 10.6 Å². The van der Waals surface area contributed by atoms with Crippen molar-refractivity contribution in [3.8, 4) is 0 Å². The highest BCUT2D eigenvalue weighted by Crippen LogP contribution is 2.17. The number of rotatable bonds is 8. The minimum absolute atomic E-state index is 0.681. The van der Waals surface area contributed by atoms with Crippen LogP contribution in [0.15, 0.2) is 22.1 Å². The van der Waals surface area contributed by atoms with Gasteiger partial charge >= 0.3 is 0 Å². The Morgan fingerprint density at radius 1 is 1.20 bits per heavy atom. The molecule has 7 nitrogen and oxygen atoms in total. The van der Waals surface area contributed by atoms with Crippen LogP contribution in [0.1, 0.15) is 19.2 Å². The van der Waals surface area contributed by atoms with E-state index in [2.05, 4.69) is 42.2 Å². The molecule has 0 aliphatic heterocycles. The molecule has 0 spiro atoms. The topological polar surface area (TPSA) is 88.8 Å². The van der Waals surface area contributed by atoms with Gasteiger partial charge in [0.05, 0.1) is 0 Å². The summed E-state index contributed by atoms with van der Waals surface area (Å²) in [4.78, 5) is 12.8. The number of nitrogens with one attached hydrogen (secondary N) is 2. The van der Waals surface area contributed by atoms with Gasteiger partial charge in [0.15, 0.2) is 11.0 Å². The lowest BCUT2D eigenvalue weighted by atomic mass is 10.4. The molecular formula is C12H18N6OS. The molecule has 0 aliphatic rings. The van der Waals surface area contributed by atoms with Gasteiger partial charge in [0, 0.05) is 25.6 Å². The molecule has 8 heteroatoms. The van der Waals surface area contributed by atoms with E-state index in [0.29, 0.717) is 18.8 Å². The number of hydrogen-bond acceptors (Lipinski definition) is 8. The lowest BCUT2D eigenvalue weighted by Crippen LogP contribution is -2.10. The molecule has 0 fully saturated rings. The molecule has 0 unspecified atom stereocenters. The smallest absolute Gasteiger partial charge is 0.213 e. The van der Waals surface area contributed by atoms with Crippen molar-refractivity contribution in [2.45, 2.75) is 24.9 Å². The first-order chi connectivity index (χ1) is 9.81. The number of anilines is 2. The van der Waals surface area contributed by atoms with Crippen LogP contribution in [0.25, 0.3) is 0 Å². The molecule has 2 rings (SSSR count). The maximum atomic E-state index is 4.69. The van der Waals surface area contributed by atoms with Crippen LogP contribution in [0, 0.1) is 0 Å². The van der Waals surface area contributed by atoms with E-state index in [9.17, 15) is 0 Å². The van der Waals surface area contributed by atoms with Crippen molar-refractivity contribution in [1.82, 2.24) is 20.1 Å². The van der Waals surface area contributed by atoms with E-state index in [4.69, 9.17) is 0 Å². The third-order valence-electron chi connectivity index (χ3n) is 2.51. The molecule has 0 atom stereocenters. The monoisotopic (exact) mass is 294 g/mol. The van der Waals surface area contributed by atoms with Crippen LogP contribution >= 0.6 is 11.8 Å². The molecule has 108 valence electrons. The maximum absolute atomic E-state index is 4.69. The van der Waals surface area contributed by atoms with Crippen molar-refractivity contribution in [3.63, 3.8) is 0 Å². The van der Waals surface area contributed by atoms with Crippen molar-refractivity contribution < 1.29 is 4.52 Å². The number of hydrogen-bond donors (Lipinski definition) is 2. The summed E-state index contributed by atoms with van der Waals surface area (Å²) in [6.45, 7) is 3.71. The molecule has 0 radical (unpaired) electrons. The Balaban J connectivity index is 1.94. The lowest BCUT2D eigenvalue weighted by Gasteiger charge is -2.09. The van der Waals surface area contributed by atoms with Crippen molar-refractivity contribution in [3.05, 3.63) is 18.3 Å². The highest BCUT2D eigenvalue weighted by Gasteiger charge is 2.04. The fraction of sp³-hybridized carbons (Fsp3) is 0.500. The van der Waals surface area contributed by atoms with Crippen LogP contribution in [0.3, 0.4) is 0 Å². The second kappa shape index (κ2) is 7.68. The van der Waals surface area contributed by atoms with Crippen LogP contribution in [0.4, 0.5) is 11.6 Å². The number of aromatic nitrogens is 4. The number of nitrogens with zero attached hydrogens (tertiary/aromatic N) is 4. The molecule has 2 aromatic heterocycles. The maximum Gasteiger partial charge on any atom is 0.213 e.